The van der Waals surface area contributed by atoms with Gasteiger partial charge in [-0.1, -0.05) is 22.8 Å². The monoisotopic (exact) mass is 338 g/mol. The van der Waals surface area contributed by atoms with Gasteiger partial charge in [-0.15, -0.1) is 0 Å². The van der Waals surface area contributed by atoms with Gasteiger partial charge in [0.05, 0.1) is 6.04 Å². The molecular weight excluding hydrogens is 319 g/mol. The SMILES string of the molecule is Cc1noc(C(C)N2CCN(Cc3c(F)cccc3Cl)CC2)n1. The summed E-state index contributed by atoms with van der Waals surface area (Å²) in [6.07, 6.45) is 0. The van der Waals surface area contributed by atoms with Crippen LogP contribution in [0.25, 0.3) is 0 Å². The number of benzene rings is 1. The van der Waals surface area contributed by atoms with Crippen molar-refractivity contribution in [3.05, 3.63) is 46.3 Å². The van der Waals surface area contributed by atoms with Crippen molar-refractivity contribution in [2.75, 3.05) is 26.2 Å². The van der Waals surface area contributed by atoms with Gasteiger partial charge in [-0.3, -0.25) is 9.80 Å². The second-order valence-electron chi connectivity index (χ2n) is 5.87. The van der Waals surface area contributed by atoms with Gasteiger partial charge in [0.15, 0.2) is 5.82 Å². The van der Waals surface area contributed by atoms with E-state index in [2.05, 4.69) is 26.9 Å². The maximum absolute atomic E-state index is 13.9. The molecule has 5 nitrogen and oxygen atoms in total. The Bertz CT molecular complexity index is 650. The van der Waals surface area contributed by atoms with Crippen LogP contribution in [0.15, 0.2) is 22.7 Å². The number of hydrogen-bond acceptors (Lipinski definition) is 5. The average Bonchev–Trinajstić information content (AvgIpc) is 2.97. The number of nitrogens with zero attached hydrogens (tertiary/aromatic N) is 4. The molecule has 1 fully saturated rings. The summed E-state index contributed by atoms with van der Waals surface area (Å²) < 4.78 is 19.1. The molecule has 1 aromatic carbocycles. The highest BCUT2D eigenvalue weighted by molar-refractivity contribution is 6.31. The summed E-state index contributed by atoms with van der Waals surface area (Å²) in [5.41, 5.74) is 0.572. The Morgan fingerprint density at radius 2 is 2.04 bits per heavy atom. The third-order valence-electron chi connectivity index (χ3n) is 4.30. The fraction of sp³-hybridized carbons (Fsp3) is 0.500. The lowest BCUT2D eigenvalue weighted by atomic mass is 10.1. The van der Waals surface area contributed by atoms with Crippen LogP contribution in [-0.4, -0.2) is 46.1 Å². The molecule has 1 atom stereocenters. The molecule has 1 saturated heterocycles. The van der Waals surface area contributed by atoms with Gasteiger partial charge in [0.1, 0.15) is 5.82 Å². The first-order valence-electron chi connectivity index (χ1n) is 7.74. The maximum atomic E-state index is 13.9. The first kappa shape index (κ1) is 16.4. The molecule has 2 heterocycles. The fourth-order valence-electron chi connectivity index (χ4n) is 2.85. The standard InChI is InChI=1S/C16H20ClFN4O/c1-11(16-19-12(2)20-23-16)22-8-6-21(7-9-22)10-13-14(17)4-3-5-15(13)18/h3-5,11H,6-10H2,1-2H3. The van der Waals surface area contributed by atoms with Crippen molar-refractivity contribution in [3.63, 3.8) is 0 Å². The van der Waals surface area contributed by atoms with Crippen LogP contribution in [-0.2, 0) is 6.54 Å². The van der Waals surface area contributed by atoms with Gasteiger partial charge in [-0.05, 0) is 26.0 Å². The molecule has 0 radical (unpaired) electrons. The summed E-state index contributed by atoms with van der Waals surface area (Å²) in [4.78, 5) is 8.81. The van der Waals surface area contributed by atoms with Crippen LogP contribution in [0, 0.1) is 12.7 Å². The van der Waals surface area contributed by atoms with Crippen molar-refractivity contribution in [2.24, 2.45) is 0 Å². The van der Waals surface area contributed by atoms with E-state index in [9.17, 15) is 4.39 Å². The minimum atomic E-state index is -0.241. The molecule has 0 saturated carbocycles. The van der Waals surface area contributed by atoms with Crippen LogP contribution in [0.1, 0.15) is 30.2 Å². The minimum absolute atomic E-state index is 0.0930. The highest BCUT2D eigenvalue weighted by atomic mass is 35.5. The number of hydrogen-bond donors (Lipinski definition) is 0. The summed E-state index contributed by atoms with van der Waals surface area (Å²) in [7, 11) is 0. The lowest BCUT2D eigenvalue weighted by Crippen LogP contribution is -2.46. The predicted molar refractivity (Wildman–Crippen MR) is 85.7 cm³/mol. The van der Waals surface area contributed by atoms with Crippen molar-refractivity contribution >= 4 is 11.6 Å². The fourth-order valence-corrected chi connectivity index (χ4v) is 3.08. The number of rotatable bonds is 4. The minimum Gasteiger partial charge on any atom is -0.338 e. The Hall–Kier alpha value is -1.50. The van der Waals surface area contributed by atoms with E-state index in [1.165, 1.54) is 6.07 Å². The van der Waals surface area contributed by atoms with Crippen LogP contribution in [0.2, 0.25) is 5.02 Å². The third kappa shape index (κ3) is 3.71. The lowest BCUT2D eigenvalue weighted by Gasteiger charge is -2.36. The van der Waals surface area contributed by atoms with Gasteiger partial charge in [-0.2, -0.15) is 4.98 Å². The van der Waals surface area contributed by atoms with Crippen molar-refractivity contribution in [1.82, 2.24) is 19.9 Å². The summed E-state index contributed by atoms with van der Waals surface area (Å²) in [5.74, 6) is 1.06. The van der Waals surface area contributed by atoms with Gasteiger partial charge in [0, 0.05) is 43.3 Å². The number of piperazine rings is 1. The number of aryl methyl sites for hydroxylation is 1. The second kappa shape index (κ2) is 6.95. The van der Waals surface area contributed by atoms with Crippen LogP contribution in [0.3, 0.4) is 0 Å². The first-order chi connectivity index (χ1) is 11.0. The van der Waals surface area contributed by atoms with Gasteiger partial charge >= 0.3 is 0 Å². The molecule has 1 aromatic heterocycles. The molecule has 0 bridgehead atoms. The maximum Gasteiger partial charge on any atom is 0.243 e. The molecule has 0 spiro atoms. The molecular formula is C16H20ClFN4O. The molecule has 1 unspecified atom stereocenters. The molecule has 124 valence electrons. The lowest BCUT2D eigenvalue weighted by molar-refractivity contribution is 0.0839. The van der Waals surface area contributed by atoms with E-state index in [-0.39, 0.29) is 11.9 Å². The van der Waals surface area contributed by atoms with Gasteiger partial charge in [-0.25, -0.2) is 4.39 Å². The van der Waals surface area contributed by atoms with Gasteiger partial charge in [0.2, 0.25) is 5.89 Å². The topological polar surface area (TPSA) is 45.4 Å². The normalized spacial score (nSPS) is 18.3. The summed E-state index contributed by atoms with van der Waals surface area (Å²) in [6, 6.07) is 4.91. The van der Waals surface area contributed by atoms with Crippen molar-refractivity contribution in [2.45, 2.75) is 26.4 Å². The Morgan fingerprint density at radius 3 is 2.65 bits per heavy atom. The zero-order valence-corrected chi connectivity index (χ0v) is 14.1. The Kier molecular flexibility index (Phi) is 4.94. The number of halogens is 2. The van der Waals surface area contributed by atoms with E-state index in [4.69, 9.17) is 16.1 Å². The summed E-state index contributed by atoms with van der Waals surface area (Å²) >= 11 is 6.11. The van der Waals surface area contributed by atoms with E-state index in [1.807, 2.05) is 6.92 Å². The molecule has 7 heteroatoms. The Labute approximate surface area is 140 Å². The molecule has 0 N–H and O–H groups in total. The number of aromatic nitrogens is 2. The van der Waals surface area contributed by atoms with E-state index in [0.717, 1.165) is 26.2 Å². The largest absolute Gasteiger partial charge is 0.338 e. The molecule has 0 aliphatic carbocycles. The third-order valence-corrected chi connectivity index (χ3v) is 4.65. The summed E-state index contributed by atoms with van der Waals surface area (Å²) in [5, 5.41) is 4.33. The highest BCUT2D eigenvalue weighted by Crippen LogP contribution is 2.23. The van der Waals surface area contributed by atoms with Crippen LogP contribution < -0.4 is 0 Å². The van der Waals surface area contributed by atoms with E-state index in [0.29, 0.717) is 28.8 Å². The molecule has 0 amide bonds. The molecule has 1 aliphatic rings. The van der Waals surface area contributed by atoms with Crippen LogP contribution >= 0.6 is 11.6 Å². The molecule has 2 aromatic rings. The van der Waals surface area contributed by atoms with Crippen molar-refractivity contribution in [1.29, 1.82) is 0 Å². The van der Waals surface area contributed by atoms with E-state index in [1.54, 1.807) is 12.1 Å². The smallest absolute Gasteiger partial charge is 0.243 e. The van der Waals surface area contributed by atoms with E-state index >= 15 is 0 Å². The first-order valence-corrected chi connectivity index (χ1v) is 8.12. The van der Waals surface area contributed by atoms with E-state index < -0.39 is 0 Å². The van der Waals surface area contributed by atoms with Crippen LogP contribution in [0.4, 0.5) is 4.39 Å². The zero-order valence-electron chi connectivity index (χ0n) is 13.3. The Balaban J connectivity index is 1.58. The van der Waals surface area contributed by atoms with Crippen LogP contribution in [0.5, 0.6) is 0 Å². The van der Waals surface area contributed by atoms with Crippen molar-refractivity contribution in [3.8, 4) is 0 Å². The average molecular weight is 339 g/mol. The highest BCUT2D eigenvalue weighted by Gasteiger charge is 2.26. The summed E-state index contributed by atoms with van der Waals surface area (Å²) in [6.45, 7) is 7.85. The van der Waals surface area contributed by atoms with Crippen molar-refractivity contribution < 1.29 is 8.91 Å². The predicted octanol–water partition coefficient (Wildman–Crippen LogP) is 3.05. The van der Waals surface area contributed by atoms with Gasteiger partial charge in [0.25, 0.3) is 0 Å². The molecule has 1 aliphatic heterocycles. The Morgan fingerprint density at radius 1 is 1.30 bits per heavy atom. The quantitative estimate of drug-likeness (QED) is 0.857. The van der Waals surface area contributed by atoms with Gasteiger partial charge < -0.3 is 4.52 Å². The molecule has 3 rings (SSSR count). The zero-order chi connectivity index (χ0) is 16.4. The molecule has 23 heavy (non-hydrogen) atoms. The second-order valence-corrected chi connectivity index (χ2v) is 6.28.